The second-order valence-corrected chi connectivity index (χ2v) is 5.30. The Morgan fingerprint density at radius 1 is 1.12 bits per heavy atom. The van der Waals surface area contributed by atoms with Crippen LogP contribution in [0.4, 0.5) is 0 Å². The van der Waals surface area contributed by atoms with E-state index in [2.05, 4.69) is 64.2 Å². The smallest absolute Gasteiger partial charge is 0.120 e. The molecule has 0 saturated heterocycles. The van der Waals surface area contributed by atoms with Gasteiger partial charge in [-0.3, -0.25) is 0 Å². The maximum absolute atomic E-state index is 5.81. The number of ether oxygens (including phenoxy) is 1. The summed E-state index contributed by atoms with van der Waals surface area (Å²) in [6.07, 6.45) is 1.10. The lowest BCUT2D eigenvalue weighted by atomic mass is 10.0. The lowest BCUT2D eigenvalue weighted by molar-refractivity contribution is 0.131. The van der Waals surface area contributed by atoms with Crippen molar-refractivity contribution in [2.24, 2.45) is 0 Å². The van der Waals surface area contributed by atoms with Gasteiger partial charge < -0.3 is 10.1 Å². The summed E-state index contributed by atoms with van der Waals surface area (Å²) < 4.78 is 5.81. The van der Waals surface area contributed by atoms with Crippen molar-refractivity contribution < 1.29 is 4.74 Å². The van der Waals surface area contributed by atoms with Crippen molar-refractivity contribution in [3.05, 3.63) is 29.8 Å². The van der Waals surface area contributed by atoms with Crippen LogP contribution < -0.4 is 10.1 Å². The van der Waals surface area contributed by atoms with E-state index >= 15 is 0 Å². The van der Waals surface area contributed by atoms with Crippen LogP contribution in [0.25, 0.3) is 0 Å². The van der Waals surface area contributed by atoms with Crippen molar-refractivity contribution in [1.29, 1.82) is 0 Å². The average molecular weight is 235 g/mol. The summed E-state index contributed by atoms with van der Waals surface area (Å²) in [6, 6.07) is 8.86. The normalized spacial score (nSPS) is 13.5. The third-order valence-corrected chi connectivity index (χ3v) is 2.57. The zero-order chi connectivity index (χ0) is 12.9. The van der Waals surface area contributed by atoms with Crippen LogP contribution in [-0.2, 0) is 0 Å². The topological polar surface area (TPSA) is 21.3 Å². The zero-order valence-corrected chi connectivity index (χ0v) is 11.7. The molecule has 1 aromatic rings. The highest BCUT2D eigenvalue weighted by Gasteiger charge is 2.12. The van der Waals surface area contributed by atoms with Crippen LogP contribution >= 0.6 is 0 Å². The number of rotatable bonds is 5. The quantitative estimate of drug-likeness (QED) is 0.835. The molecule has 96 valence electrons. The first-order chi connectivity index (χ1) is 7.96. The minimum Gasteiger partial charge on any atom is -0.488 e. The van der Waals surface area contributed by atoms with Gasteiger partial charge in [-0.1, -0.05) is 26.0 Å². The molecular weight excluding hydrogens is 210 g/mol. The Kier molecular flexibility index (Phi) is 5.01. The van der Waals surface area contributed by atoms with Gasteiger partial charge in [-0.25, -0.2) is 0 Å². The molecule has 0 aromatic heterocycles. The van der Waals surface area contributed by atoms with E-state index in [0.29, 0.717) is 6.04 Å². The molecule has 0 radical (unpaired) electrons. The van der Waals surface area contributed by atoms with Crippen LogP contribution in [0.5, 0.6) is 5.75 Å². The highest BCUT2D eigenvalue weighted by Crippen LogP contribution is 2.22. The molecule has 0 aliphatic carbocycles. The third-order valence-electron chi connectivity index (χ3n) is 2.57. The van der Waals surface area contributed by atoms with Crippen molar-refractivity contribution in [3.8, 4) is 5.75 Å². The lowest BCUT2D eigenvalue weighted by Crippen LogP contribution is -2.23. The van der Waals surface area contributed by atoms with Gasteiger partial charge in [-0.05, 0) is 51.4 Å². The standard InChI is InChI=1S/C15H25NO/c1-6-14(16-7-2)12-8-10-13(11-9-12)17-15(3,4)5/h8-11,14,16H,6-7H2,1-5H3. The van der Waals surface area contributed by atoms with Gasteiger partial charge in [0.05, 0.1) is 0 Å². The van der Waals surface area contributed by atoms with Gasteiger partial charge >= 0.3 is 0 Å². The number of benzene rings is 1. The molecule has 0 amide bonds. The van der Waals surface area contributed by atoms with Crippen molar-refractivity contribution in [1.82, 2.24) is 5.32 Å². The zero-order valence-electron chi connectivity index (χ0n) is 11.7. The van der Waals surface area contributed by atoms with E-state index in [0.717, 1.165) is 18.7 Å². The Labute approximate surface area is 105 Å². The maximum Gasteiger partial charge on any atom is 0.120 e. The Bertz CT molecular complexity index is 324. The third kappa shape index (κ3) is 4.78. The minimum absolute atomic E-state index is 0.132. The van der Waals surface area contributed by atoms with Crippen molar-refractivity contribution in [2.45, 2.75) is 52.7 Å². The molecule has 0 aliphatic rings. The molecule has 1 unspecified atom stereocenters. The van der Waals surface area contributed by atoms with Crippen molar-refractivity contribution in [2.75, 3.05) is 6.54 Å². The molecule has 17 heavy (non-hydrogen) atoms. The number of hydrogen-bond donors (Lipinski definition) is 1. The average Bonchev–Trinajstić information content (AvgIpc) is 2.25. The highest BCUT2D eigenvalue weighted by molar-refractivity contribution is 5.29. The summed E-state index contributed by atoms with van der Waals surface area (Å²) >= 11 is 0. The van der Waals surface area contributed by atoms with Gasteiger partial charge in [0.1, 0.15) is 11.4 Å². The Morgan fingerprint density at radius 2 is 1.71 bits per heavy atom. The minimum atomic E-state index is -0.132. The van der Waals surface area contributed by atoms with E-state index in [-0.39, 0.29) is 5.60 Å². The number of nitrogens with one attached hydrogen (secondary N) is 1. The fourth-order valence-electron chi connectivity index (χ4n) is 1.87. The van der Waals surface area contributed by atoms with Gasteiger partial charge in [0.15, 0.2) is 0 Å². The molecule has 0 fully saturated rings. The molecule has 2 heteroatoms. The van der Waals surface area contributed by atoms with Gasteiger partial charge in [0.25, 0.3) is 0 Å². The van der Waals surface area contributed by atoms with Crippen molar-refractivity contribution in [3.63, 3.8) is 0 Å². The first kappa shape index (κ1) is 14.0. The first-order valence-electron chi connectivity index (χ1n) is 6.48. The van der Waals surface area contributed by atoms with Gasteiger partial charge in [-0.2, -0.15) is 0 Å². The number of hydrogen-bond acceptors (Lipinski definition) is 2. The predicted octanol–water partition coefficient (Wildman–Crippen LogP) is 3.92. The molecule has 0 aliphatic heterocycles. The molecular formula is C15H25NO. The van der Waals surface area contributed by atoms with Crippen LogP contribution in [-0.4, -0.2) is 12.1 Å². The summed E-state index contributed by atoms with van der Waals surface area (Å²) in [6.45, 7) is 11.5. The van der Waals surface area contributed by atoms with E-state index in [9.17, 15) is 0 Å². The molecule has 1 aromatic carbocycles. The fraction of sp³-hybridized carbons (Fsp3) is 0.600. The summed E-state index contributed by atoms with van der Waals surface area (Å²) in [4.78, 5) is 0. The maximum atomic E-state index is 5.81. The fourth-order valence-corrected chi connectivity index (χ4v) is 1.87. The second kappa shape index (κ2) is 6.06. The molecule has 1 N–H and O–H groups in total. The van der Waals surface area contributed by atoms with Gasteiger partial charge in [0, 0.05) is 6.04 Å². The lowest BCUT2D eigenvalue weighted by Gasteiger charge is -2.22. The van der Waals surface area contributed by atoms with Crippen molar-refractivity contribution >= 4 is 0 Å². The summed E-state index contributed by atoms with van der Waals surface area (Å²) in [5, 5.41) is 3.48. The monoisotopic (exact) mass is 235 g/mol. The molecule has 1 atom stereocenters. The van der Waals surface area contributed by atoms with Crippen LogP contribution in [0.3, 0.4) is 0 Å². The molecule has 0 bridgehead atoms. The van der Waals surface area contributed by atoms with E-state index in [1.807, 2.05) is 0 Å². The second-order valence-electron chi connectivity index (χ2n) is 5.30. The van der Waals surface area contributed by atoms with Crippen LogP contribution in [0.15, 0.2) is 24.3 Å². The van der Waals surface area contributed by atoms with Gasteiger partial charge in [-0.15, -0.1) is 0 Å². The highest BCUT2D eigenvalue weighted by atomic mass is 16.5. The van der Waals surface area contributed by atoms with E-state index < -0.39 is 0 Å². The predicted molar refractivity (Wildman–Crippen MR) is 73.5 cm³/mol. The molecule has 0 saturated carbocycles. The summed E-state index contributed by atoms with van der Waals surface area (Å²) in [5.41, 5.74) is 1.20. The molecule has 0 heterocycles. The molecule has 1 rings (SSSR count). The Morgan fingerprint density at radius 3 is 2.12 bits per heavy atom. The van der Waals surface area contributed by atoms with E-state index in [4.69, 9.17) is 4.74 Å². The van der Waals surface area contributed by atoms with Gasteiger partial charge in [0.2, 0.25) is 0 Å². The van der Waals surface area contributed by atoms with E-state index in [1.165, 1.54) is 5.56 Å². The summed E-state index contributed by atoms with van der Waals surface area (Å²) in [7, 11) is 0. The van der Waals surface area contributed by atoms with Crippen LogP contribution in [0, 0.1) is 0 Å². The molecule has 0 spiro atoms. The summed E-state index contributed by atoms with van der Waals surface area (Å²) in [5.74, 6) is 0.938. The molecule has 2 nitrogen and oxygen atoms in total. The first-order valence-corrected chi connectivity index (χ1v) is 6.48. The van der Waals surface area contributed by atoms with E-state index in [1.54, 1.807) is 0 Å². The van der Waals surface area contributed by atoms with Crippen LogP contribution in [0.1, 0.15) is 52.6 Å². The van der Waals surface area contributed by atoms with Crippen LogP contribution in [0.2, 0.25) is 0 Å². The Balaban J connectivity index is 2.73. The largest absolute Gasteiger partial charge is 0.488 e. The Hall–Kier alpha value is -1.02. The SMILES string of the molecule is CCNC(CC)c1ccc(OC(C)(C)C)cc1.